The van der Waals surface area contributed by atoms with Gasteiger partial charge in [-0.25, -0.2) is 4.39 Å². The van der Waals surface area contributed by atoms with Gasteiger partial charge in [0.05, 0.1) is 6.61 Å². The molecular weight excluding hydrogens is 346 g/mol. The number of halogens is 2. The van der Waals surface area contributed by atoms with Crippen LogP contribution in [0.4, 0.5) is 4.39 Å². The molecule has 1 N–H and O–H groups in total. The van der Waals surface area contributed by atoms with Gasteiger partial charge in [-0.3, -0.25) is 0 Å². The largest absolute Gasteiger partial charge is 0.485 e. The van der Waals surface area contributed by atoms with Crippen LogP contribution in [0.2, 0.25) is 0 Å². The van der Waals surface area contributed by atoms with Crippen molar-refractivity contribution in [2.24, 2.45) is 0 Å². The molecule has 4 heteroatoms. The molecule has 0 aliphatic heterocycles. The molecule has 2 rings (SSSR count). The molecule has 94 valence electrons. The lowest BCUT2D eigenvalue weighted by molar-refractivity contribution is 0.251. The lowest BCUT2D eigenvalue weighted by Gasteiger charge is -2.11. The van der Waals surface area contributed by atoms with Crippen LogP contribution >= 0.6 is 22.6 Å². The molecule has 2 aromatic carbocycles. The maximum Gasteiger partial charge on any atom is 0.165 e. The molecule has 0 radical (unpaired) electrons. The fourth-order valence-corrected chi connectivity index (χ4v) is 1.94. The molecule has 2 nitrogen and oxygen atoms in total. The molecule has 0 aromatic heterocycles. The van der Waals surface area contributed by atoms with Crippen LogP contribution in [0, 0.1) is 9.39 Å². The normalized spacial score (nSPS) is 10.4. The summed E-state index contributed by atoms with van der Waals surface area (Å²) in [5.74, 6) is -0.328. The molecule has 0 unspecified atom stereocenters. The SMILES string of the molecule is OCc1cccc(F)c1OCc1ccc(I)cc1. The third-order valence-corrected chi connectivity index (χ3v) is 3.23. The number of aliphatic hydroxyl groups is 1. The third-order valence-electron chi connectivity index (χ3n) is 2.52. The highest BCUT2D eigenvalue weighted by molar-refractivity contribution is 14.1. The van der Waals surface area contributed by atoms with Crippen LogP contribution in [0.15, 0.2) is 42.5 Å². The summed E-state index contributed by atoms with van der Waals surface area (Å²) in [6.07, 6.45) is 0. The first-order chi connectivity index (χ1) is 8.70. The number of ether oxygens (including phenoxy) is 1. The zero-order chi connectivity index (χ0) is 13.0. The summed E-state index contributed by atoms with van der Waals surface area (Å²) in [5, 5.41) is 9.13. The Morgan fingerprint density at radius 3 is 2.50 bits per heavy atom. The first-order valence-electron chi connectivity index (χ1n) is 5.46. The van der Waals surface area contributed by atoms with Gasteiger partial charge in [-0.15, -0.1) is 0 Å². The molecule has 0 bridgehead atoms. The van der Waals surface area contributed by atoms with Gasteiger partial charge in [0.25, 0.3) is 0 Å². The zero-order valence-electron chi connectivity index (χ0n) is 9.57. The van der Waals surface area contributed by atoms with Crippen LogP contribution in [0.3, 0.4) is 0 Å². The third kappa shape index (κ3) is 3.20. The maximum atomic E-state index is 13.6. The Hall–Kier alpha value is -1.14. The molecule has 0 aliphatic carbocycles. The van der Waals surface area contributed by atoms with Gasteiger partial charge < -0.3 is 9.84 Å². The standard InChI is InChI=1S/C14H12FIO2/c15-13-3-1-2-11(8-17)14(13)18-9-10-4-6-12(16)7-5-10/h1-7,17H,8-9H2. The van der Waals surface area contributed by atoms with E-state index in [1.807, 2.05) is 24.3 Å². The average molecular weight is 358 g/mol. The van der Waals surface area contributed by atoms with Crippen molar-refractivity contribution in [2.45, 2.75) is 13.2 Å². The number of hydrogen-bond acceptors (Lipinski definition) is 2. The Morgan fingerprint density at radius 1 is 1.11 bits per heavy atom. The van der Waals surface area contributed by atoms with Gasteiger partial charge in [-0.1, -0.05) is 24.3 Å². The minimum absolute atomic E-state index is 0.124. The van der Waals surface area contributed by atoms with Crippen molar-refractivity contribution in [1.29, 1.82) is 0 Å². The summed E-state index contributed by atoms with van der Waals surface area (Å²) in [5.41, 5.74) is 1.42. The lowest BCUT2D eigenvalue weighted by Crippen LogP contribution is -2.01. The van der Waals surface area contributed by atoms with Crippen molar-refractivity contribution >= 4 is 22.6 Å². The number of benzene rings is 2. The first kappa shape index (κ1) is 13.3. The van der Waals surface area contributed by atoms with Gasteiger partial charge >= 0.3 is 0 Å². The Morgan fingerprint density at radius 2 is 1.83 bits per heavy atom. The summed E-state index contributed by atoms with van der Waals surface area (Å²) in [7, 11) is 0. The predicted molar refractivity (Wildman–Crippen MR) is 75.8 cm³/mol. The number of aliphatic hydroxyl groups excluding tert-OH is 1. The first-order valence-corrected chi connectivity index (χ1v) is 6.54. The zero-order valence-corrected chi connectivity index (χ0v) is 11.7. The summed E-state index contributed by atoms with van der Waals surface area (Å²) in [6.45, 7) is 0.0463. The van der Waals surface area contributed by atoms with Crippen molar-refractivity contribution in [2.75, 3.05) is 0 Å². The quantitative estimate of drug-likeness (QED) is 0.848. The molecule has 0 saturated heterocycles. The second-order valence-corrected chi connectivity index (χ2v) is 5.05. The topological polar surface area (TPSA) is 29.5 Å². The predicted octanol–water partition coefficient (Wildman–Crippen LogP) is 3.50. The Bertz CT molecular complexity index is 526. The number of hydrogen-bond donors (Lipinski definition) is 1. The molecule has 0 spiro atoms. The van der Waals surface area contributed by atoms with E-state index < -0.39 is 5.82 Å². The highest BCUT2D eigenvalue weighted by Crippen LogP contribution is 2.23. The molecule has 0 saturated carbocycles. The van der Waals surface area contributed by atoms with Crippen LogP contribution in [-0.2, 0) is 13.2 Å². The monoisotopic (exact) mass is 358 g/mol. The molecule has 2 aromatic rings. The lowest BCUT2D eigenvalue weighted by atomic mass is 10.2. The van der Waals surface area contributed by atoms with E-state index in [1.54, 1.807) is 12.1 Å². The van der Waals surface area contributed by atoms with Crippen molar-refractivity contribution in [3.05, 3.63) is 63.0 Å². The number of para-hydroxylation sites is 1. The summed E-state index contributed by atoms with van der Waals surface area (Å²) in [6, 6.07) is 12.3. The van der Waals surface area contributed by atoms with Crippen molar-refractivity contribution < 1.29 is 14.2 Å². The number of rotatable bonds is 4. The minimum Gasteiger partial charge on any atom is -0.485 e. The van der Waals surface area contributed by atoms with Crippen LogP contribution in [-0.4, -0.2) is 5.11 Å². The van der Waals surface area contributed by atoms with Crippen LogP contribution in [0.25, 0.3) is 0 Å². The van der Waals surface area contributed by atoms with E-state index in [4.69, 9.17) is 9.84 Å². The molecule has 18 heavy (non-hydrogen) atoms. The van der Waals surface area contributed by atoms with E-state index in [2.05, 4.69) is 22.6 Å². The van der Waals surface area contributed by atoms with Gasteiger partial charge in [-0.2, -0.15) is 0 Å². The minimum atomic E-state index is -0.452. The molecule has 0 aliphatic rings. The van der Waals surface area contributed by atoms with Crippen molar-refractivity contribution in [1.82, 2.24) is 0 Å². The Labute approximate surface area is 119 Å². The molecule has 0 heterocycles. The van der Waals surface area contributed by atoms with Crippen LogP contribution in [0.5, 0.6) is 5.75 Å². The van der Waals surface area contributed by atoms with Crippen LogP contribution < -0.4 is 4.74 Å². The summed E-state index contributed by atoms with van der Waals surface area (Å²) in [4.78, 5) is 0. The van der Waals surface area contributed by atoms with Gasteiger partial charge in [0.15, 0.2) is 11.6 Å². The average Bonchev–Trinajstić information content (AvgIpc) is 2.39. The van der Waals surface area contributed by atoms with Gasteiger partial charge in [0.2, 0.25) is 0 Å². The molecule has 0 fully saturated rings. The highest BCUT2D eigenvalue weighted by atomic mass is 127. The molecular formula is C14H12FIO2. The Kier molecular flexibility index (Phi) is 4.54. The van der Waals surface area contributed by atoms with E-state index in [0.717, 1.165) is 9.13 Å². The summed E-state index contributed by atoms with van der Waals surface area (Å²) < 4.78 is 20.2. The second-order valence-electron chi connectivity index (χ2n) is 3.80. The smallest absolute Gasteiger partial charge is 0.165 e. The van der Waals surface area contributed by atoms with E-state index >= 15 is 0 Å². The molecule has 0 amide bonds. The van der Waals surface area contributed by atoms with Gasteiger partial charge in [-0.05, 0) is 46.4 Å². The van der Waals surface area contributed by atoms with Gasteiger partial charge in [0, 0.05) is 9.13 Å². The van der Waals surface area contributed by atoms with E-state index in [0.29, 0.717) is 5.56 Å². The van der Waals surface area contributed by atoms with Crippen molar-refractivity contribution in [3.63, 3.8) is 0 Å². The maximum absolute atomic E-state index is 13.6. The van der Waals surface area contributed by atoms with Crippen LogP contribution in [0.1, 0.15) is 11.1 Å². The van der Waals surface area contributed by atoms with E-state index in [1.165, 1.54) is 6.07 Å². The van der Waals surface area contributed by atoms with Crippen molar-refractivity contribution in [3.8, 4) is 5.75 Å². The van der Waals surface area contributed by atoms with E-state index in [-0.39, 0.29) is 19.0 Å². The van der Waals surface area contributed by atoms with E-state index in [9.17, 15) is 4.39 Å². The fraction of sp³-hybridized carbons (Fsp3) is 0.143. The fourth-order valence-electron chi connectivity index (χ4n) is 1.58. The molecule has 0 atom stereocenters. The van der Waals surface area contributed by atoms with Gasteiger partial charge in [0.1, 0.15) is 6.61 Å². The second kappa shape index (κ2) is 6.15. The summed E-state index contributed by atoms with van der Waals surface area (Å²) >= 11 is 2.22. The highest BCUT2D eigenvalue weighted by Gasteiger charge is 2.09. The Balaban J connectivity index is 2.12.